The summed E-state index contributed by atoms with van der Waals surface area (Å²) < 4.78 is 0. The Morgan fingerprint density at radius 2 is 1.68 bits per heavy atom. The molecule has 34 heavy (non-hydrogen) atoms. The van der Waals surface area contributed by atoms with Gasteiger partial charge < -0.3 is 5.32 Å². The summed E-state index contributed by atoms with van der Waals surface area (Å²) in [4.78, 5) is 37.3. The lowest BCUT2D eigenvalue weighted by Crippen LogP contribution is -2.42. The van der Waals surface area contributed by atoms with Crippen molar-refractivity contribution in [3.8, 4) is 0 Å². The van der Waals surface area contributed by atoms with Gasteiger partial charge in [0.15, 0.2) is 11.2 Å². The van der Waals surface area contributed by atoms with E-state index in [1.165, 1.54) is 17.3 Å². The Bertz CT molecular complexity index is 1270. The molecule has 5 rings (SSSR count). The normalized spacial score (nSPS) is 17.4. The first-order chi connectivity index (χ1) is 16.6. The molecule has 0 saturated carbocycles. The molecule has 2 atom stereocenters. The van der Waals surface area contributed by atoms with Gasteiger partial charge in [-0.2, -0.15) is 0 Å². The first-order valence-electron chi connectivity index (χ1n) is 11.2. The third kappa shape index (κ3) is 4.39. The molecule has 0 aliphatic carbocycles. The second-order valence-electron chi connectivity index (χ2n) is 8.14. The quantitative estimate of drug-likeness (QED) is 0.579. The van der Waals surface area contributed by atoms with Crippen LogP contribution in [0, 0.1) is 0 Å². The van der Waals surface area contributed by atoms with Gasteiger partial charge in [-0.15, -0.1) is 0 Å². The van der Waals surface area contributed by atoms with E-state index in [1.54, 1.807) is 4.90 Å². The zero-order valence-corrected chi connectivity index (χ0v) is 19.5. The summed E-state index contributed by atoms with van der Waals surface area (Å²) in [7, 11) is 0. The number of benzene rings is 3. The number of nitrogens with zero attached hydrogens (tertiary/aromatic N) is 3. The Morgan fingerprint density at radius 1 is 1.00 bits per heavy atom. The molecular weight excluding hydrogens is 444 g/mol. The van der Waals surface area contributed by atoms with Crippen molar-refractivity contribution in [2.45, 2.75) is 24.6 Å². The van der Waals surface area contributed by atoms with E-state index in [-0.39, 0.29) is 11.8 Å². The van der Waals surface area contributed by atoms with Crippen LogP contribution in [0.3, 0.4) is 0 Å². The lowest BCUT2D eigenvalue weighted by atomic mass is 10.1. The molecular formula is C27H24N4O2S. The van der Waals surface area contributed by atoms with Crippen LogP contribution < -0.4 is 5.32 Å². The van der Waals surface area contributed by atoms with Crippen LogP contribution in [-0.4, -0.2) is 39.5 Å². The van der Waals surface area contributed by atoms with Crippen LogP contribution in [-0.2, 0) is 16.0 Å². The van der Waals surface area contributed by atoms with Crippen molar-refractivity contribution in [3.05, 3.63) is 102 Å². The maximum absolute atomic E-state index is 13.5. The fourth-order valence-corrected chi connectivity index (χ4v) is 4.95. The van der Waals surface area contributed by atoms with Crippen LogP contribution in [0.5, 0.6) is 0 Å². The van der Waals surface area contributed by atoms with Crippen molar-refractivity contribution in [1.29, 1.82) is 0 Å². The number of nitrogens with one attached hydrogen (secondary N) is 1. The maximum atomic E-state index is 13.5. The van der Waals surface area contributed by atoms with E-state index < -0.39 is 11.3 Å². The van der Waals surface area contributed by atoms with Gasteiger partial charge in [0.2, 0.25) is 5.91 Å². The number of rotatable bonds is 6. The molecule has 3 aromatic carbocycles. The number of amidine groups is 2. The van der Waals surface area contributed by atoms with Crippen LogP contribution >= 0.6 is 11.8 Å². The molecule has 3 aromatic rings. The molecule has 0 bridgehead atoms. The van der Waals surface area contributed by atoms with Gasteiger partial charge >= 0.3 is 0 Å². The predicted molar refractivity (Wildman–Crippen MR) is 136 cm³/mol. The van der Waals surface area contributed by atoms with Crippen LogP contribution in [0.2, 0.25) is 0 Å². The topological polar surface area (TPSA) is 74.1 Å². The molecule has 0 radical (unpaired) electrons. The second kappa shape index (κ2) is 9.65. The van der Waals surface area contributed by atoms with E-state index in [1.807, 2.05) is 91.9 Å². The van der Waals surface area contributed by atoms with Gasteiger partial charge in [-0.25, -0.2) is 14.9 Å². The molecule has 7 heteroatoms. The number of thioether (sulfide) groups is 1. The minimum atomic E-state index is -0.622. The summed E-state index contributed by atoms with van der Waals surface area (Å²) in [5, 5.41) is 3.05. The molecule has 0 unspecified atom stereocenters. The zero-order valence-electron chi connectivity index (χ0n) is 18.7. The van der Waals surface area contributed by atoms with E-state index in [0.29, 0.717) is 17.5 Å². The number of para-hydroxylation sites is 1. The van der Waals surface area contributed by atoms with E-state index in [2.05, 4.69) is 5.32 Å². The standard InChI is InChI=1S/C27H24N4O2S/c1-18(25(32)28-17-16-19-10-4-2-5-11-19)34-27-29-22-15-9-8-14-21(22)24-30-23(26(33)31(24)27)20-12-6-3-7-13-20/h2-15,18,23H,16-17H2,1H3,(H,28,32)/t18-,23-/m1/s1. The molecule has 2 aliphatic heterocycles. The van der Waals surface area contributed by atoms with Gasteiger partial charge in [-0.05, 0) is 36.6 Å². The molecule has 2 aliphatic rings. The van der Waals surface area contributed by atoms with Crippen molar-refractivity contribution in [3.63, 3.8) is 0 Å². The van der Waals surface area contributed by atoms with Gasteiger partial charge in [0.1, 0.15) is 5.84 Å². The van der Waals surface area contributed by atoms with Crippen molar-refractivity contribution >= 4 is 40.3 Å². The molecule has 1 N–H and O–H groups in total. The fourth-order valence-electron chi connectivity index (χ4n) is 4.01. The minimum Gasteiger partial charge on any atom is -0.355 e. The highest BCUT2D eigenvalue weighted by Crippen LogP contribution is 2.38. The molecule has 2 heterocycles. The Labute approximate surface area is 202 Å². The Morgan fingerprint density at radius 3 is 2.44 bits per heavy atom. The maximum Gasteiger partial charge on any atom is 0.263 e. The highest BCUT2D eigenvalue weighted by atomic mass is 32.2. The van der Waals surface area contributed by atoms with Crippen molar-refractivity contribution < 1.29 is 9.59 Å². The number of carbonyl (C=O) groups is 2. The number of fused-ring (bicyclic) bond motifs is 3. The van der Waals surface area contributed by atoms with Crippen LogP contribution in [0.25, 0.3) is 0 Å². The Hall–Kier alpha value is -3.71. The Balaban J connectivity index is 1.34. The molecule has 0 fully saturated rings. The lowest BCUT2D eigenvalue weighted by Gasteiger charge is -2.26. The molecule has 0 spiro atoms. The summed E-state index contributed by atoms with van der Waals surface area (Å²) in [5.74, 6) is 0.342. The first kappa shape index (κ1) is 22.1. The smallest absolute Gasteiger partial charge is 0.263 e. The number of amides is 2. The molecule has 0 aromatic heterocycles. The zero-order chi connectivity index (χ0) is 23.5. The predicted octanol–water partition coefficient (Wildman–Crippen LogP) is 4.50. The third-order valence-corrected chi connectivity index (χ3v) is 6.84. The van der Waals surface area contributed by atoms with E-state index in [9.17, 15) is 9.59 Å². The van der Waals surface area contributed by atoms with Crippen molar-refractivity contribution in [2.75, 3.05) is 6.54 Å². The minimum absolute atomic E-state index is 0.0905. The highest BCUT2D eigenvalue weighted by molar-refractivity contribution is 8.15. The van der Waals surface area contributed by atoms with E-state index >= 15 is 0 Å². The summed E-state index contributed by atoms with van der Waals surface area (Å²) >= 11 is 1.28. The summed E-state index contributed by atoms with van der Waals surface area (Å²) in [6, 6.07) is 26.6. The number of hydrogen-bond acceptors (Lipinski definition) is 5. The molecule has 170 valence electrons. The monoisotopic (exact) mass is 468 g/mol. The van der Waals surface area contributed by atoms with Gasteiger partial charge in [0.05, 0.1) is 10.9 Å². The average Bonchev–Trinajstić information content (AvgIpc) is 3.23. The Kier molecular flexibility index (Phi) is 6.27. The van der Waals surface area contributed by atoms with Gasteiger partial charge in [-0.3, -0.25) is 9.59 Å². The summed E-state index contributed by atoms with van der Waals surface area (Å²) in [5.41, 5.74) is 3.58. The van der Waals surface area contributed by atoms with Gasteiger partial charge in [0, 0.05) is 12.1 Å². The van der Waals surface area contributed by atoms with Crippen LogP contribution in [0.1, 0.15) is 29.7 Å². The van der Waals surface area contributed by atoms with E-state index in [0.717, 1.165) is 23.2 Å². The van der Waals surface area contributed by atoms with Gasteiger partial charge in [0.25, 0.3) is 5.91 Å². The first-order valence-corrected chi connectivity index (χ1v) is 12.1. The SMILES string of the molecule is C[C@@H](SC1=Nc2ccccc2C2=N[C@H](c3ccccc3)C(=O)N12)C(=O)NCCc1ccccc1. The average molecular weight is 469 g/mol. The molecule has 0 saturated heterocycles. The lowest BCUT2D eigenvalue weighted by molar-refractivity contribution is -0.124. The third-order valence-electron chi connectivity index (χ3n) is 5.79. The number of aliphatic imine (C=N–C) groups is 2. The number of carbonyl (C=O) groups excluding carboxylic acids is 2. The highest BCUT2D eigenvalue weighted by Gasteiger charge is 2.42. The van der Waals surface area contributed by atoms with Gasteiger partial charge in [-0.1, -0.05) is 84.6 Å². The van der Waals surface area contributed by atoms with Crippen LogP contribution in [0.15, 0.2) is 94.9 Å². The molecule has 2 amide bonds. The van der Waals surface area contributed by atoms with E-state index in [4.69, 9.17) is 9.98 Å². The van der Waals surface area contributed by atoms with Crippen LogP contribution in [0.4, 0.5) is 5.69 Å². The second-order valence-corrected chi connectivity index (χ2v) is 9.45. The van der Waals surface area contributed by atoms with Crippen molar-refractivity contribution in [1.82, 2.24) is 10.2 Å². The number of hydrogen-bond donors (Lipinski definition) is 1. The van der Waals surface area contributed by atoms with Crippen molar-refractivity contribution in [2.24, 2.45) is 9.98 Å². The summed E-state index contributed by atoms with van der Waals surface area (Å²) in [6.45, 7) is 2.38. The fraction of sp³-hybridized carbons (Fsp3) is 0.185. The largest absolute Gasteiger partial charge is 0.355 e. The summed E-state index contributed by atoms with van der Waals surface area (Å²) in [6.07, 6.45) is 0.762. The molecule has 6 nitrogen and oxygen atoms in total.